The third-order valence-corrected chi connectivity index (χ3v) is 5.44. The van der Waals surface area contributed by atoms with Crippen LogP contribution in [0.3, 0.4) is 0 Å². The summed E-state index contributed by atoms with van der Waals surface area (Å²) in [7, 11) is 0. The number of hydrogen-bond donors (Lipinski definition) is 3. The molecule has 0 saturated heterocycles. The van der Waals surface area contributed by atoms with Crippen LogP contribution in [0.25, 0.3) is 0 Å². The van der Waals surface area contributed by atoms with E-state index < -0.39 is 55.0 Å². The monoisotopic (exact) mass is 527 g/mol. The van der Waals surface area contributed by atoms with Crippen molar-refractivity contribution < 1.29 is 52.0 Å². The van der Waals surface area contributed by atoms with Gasteiger partial charge in [0, 0.05) is 12.8 Å². The van der Waals surface area contributed by atoms with Crippen LogP contribution in [-0.4, -0.2) is 71.5 Å². The molecule has 0 aliphatic carbocycles. The Labute approximate surface area is 210 Å². The Morgan fingerprint density at radius 3 is 1.83 bits per heavy atom. The van der Waals surface area contributed by atoms with Gasteiger partial charge in [0.1, 0.15) is 31.1 Å². The van der Waals surface area contributed by atoms with E-state index in [1.165, 1.54) is 5.32 Å². The molecule has 0 radical (unpaired) electrons. The van der Waals surface area contributed by atoms with Crippen LogP contribution in [0.1, 0.15) is 90.9 Å². The number of aliphatic hydroxyl groups is 2. The van der Waals surface area contributed by atoms with E-state index >= 15 is 0 Å². The van der Waals surface area contributed by atoms with E-state index in [9.17, 15) is 42.6 Å². The van der Waals surface area contributed by atoms with Crippen LogP contribution < -0.4 is 5.32 Å². The lowest BCUT2D eigenvalue weighted by atomic mass is 10.0. The minimum atomic E-state index is -5.34. The average molecular weight is 528 g/mol. The van der Waals surface area contributed by atoms with Gasteiger partial charge in [-0.3, -0.25) is 14.4 Å². The summed E-state index contributed by atoms with van der Waals surface area (Å²) in [4.78, 5) is 46.7. The summed E-state index contributed by atoms with van der Waals surface area (Å²) in [6.45, 7) is 3.32. The van der Waals surface area contributed by atoms with Crippen LogP contribution in [0.5, 0.6) is 0 Å². The molecule has 0 spiro atoms. The molecule has 4 atom stereocenters. The second-order valence-electron chi connectivity index (χ2n) is 8.66. The lowest BCUT2D eigenvalue weighted by Gasteiger charge is -2.30. The molecule has 210 valence electrons. The lowest BCUT2D eigenvalue weighted by Crippen LogP contribution is -2.57. The van der Waals surface area contributed by atoms with Crippen LogP contribution in [0.2, 0.25) is 0 Å². The first-order valence-electron chi connectivity index (χ1n) is 12.5. The quantitative estimate of drug-likeness (QED) is 0.125. The zero-order valence-corrected chi connectivity index (χ0v) is 21.1. The Kier molecular flexibility index (Phi) is 17.8. The average Bonchev–Trinajstić information content (AvgIpc) is 2.82. The van der Waals surface area contributed by atoms with Crippen LogP contribution in [0.4, 0.5) is 13.2 Å². The molecule has 0 aliphatic heterocycles. The van der Waals surface area contributed by atoms with Crippen molar-refractivity contribution in [3.05, 3.63) is 0 Å². The van der Waals surface area contributed by atoms with E-state index in [0.29, 0.717) is 19.3 Å². The van der Waals surface area contributed by atoms with Gasteiger partial charge in [-0.1, -0.05) is 65.2 Å². The SMILES string of the molecule is CCCCCCCC(=O)OC[C@@H](O)[C@@H](OC(=O)CCCCCCC)[C@H](O)[C@H](C=O)NC(=O)C(F)(F)F. The van der Waals surface area contributed by atoms with Gasteiger partial charge in [0.15, 0.2) is 6.10 Å². The van der Waals surface area contributed by atoms with Crippen molar-refractivity contribution in [2.75, 3.05) is 6.61 Å². The third-order valence-electron chi connectivity index (χ3n) is 5.44. The highest BCUT2D eigenvalue weighted by Gasteiger charge is 2.43. The molecule has 0 fully saturated rings. The highest BCUT2D eigenvalue weighted by molar-refractivity contribution is 5.84. The number of aliphatic hydroxyl groups excluding tert-OH is 2. The molecule has 1 amide bonds. The summed E-state index contributed by atoms with van der Waals surface area (Å²) in [5, 5.41) is 22.2. The van der Waals surface area contributed by atoms with Crippen molar-refractivity contribution in [3.8, 4) is 0 Å². The van der Waals surface area contributed by atoms with Gasteiger partial charge < -0.3 is 29.8 Å². The van der Waals surface area contributed by atoms with Crippen LogP contribution in [0, 0.1) is 0 Å². The van der Waals surface area contributed by atoms with Gasteiger partial charge in [-0.15, -0.1) is 0 Å². The number of hydrogen-bond acceptors (Lipinski definition) is 8. The summed E-state index contributed by atoms with van der Waals surface area (Å²) >= 11 is 0. The van der Waals surface area contributed by atoms with Gasteiger partial charge in [-0.05, 0) is 12.8 Å². The van der Waals surface area contributed by atoms with Crippen molar-refractivity contribution in [1.29, 1.82) is 0 Å². The normalized spacial score (nSPS) is 14.9. The van der Waals surface area contributed by atoms with Crippen molar-refractivity contribution in [1.82, 2.24) is 5.32 Å². The Balaban J connectivity index is 5.17. The molecule has 0 heterocycles. The van der Waals surface area contributed by atoms with Crippen molar-refractivity contribution in [2.45, 2.75) is 121 Å². The Morgan fingerprint density at radius 1 is 0.861 bits per heavy atom. The molecule has 0 saturated carbocycles. The fourth-order valence-corrected chi connectivity index (χ4v) is 3.32. The molecular weight excluding hydrogens is 487 g/mol. The summed E-state index contributed by atoms with van der Waals surface area (Å²) < 4.78 is 47.8. The number of carbonyl (C=O) groups is 4. The van der Waals surface area contributed by atoms with Crippen LogP contribution in [0.15, 0.2) is 0 Å². The van der Waals surface area contributed by atoms with Crippen molar-refractivity contribution >= 4 is 24.1 Å². The van der Waals surface area contributed by atoms with Crippen LogP contribution in [-0.2, 0) is 28.7 Å². The largest absolute Gasteiger partial charge is 0.471 e. The lowest BCUT2D eigenvalue weighted by molar-refractivity contribution is -0.180. The molecule has 0 unspecified atom stereocenters. The number of esters is 2. The van der Waals surface area contributed by atoms with E-state index in [1.807, 2.05) is 13.8 Å². The zero-order chi connectivity index (χ0) is 27.6. The second-order valence-corrected chi connectivity index (χ2v) is 8.66. The smallest absolute Gasteiger partial charge is 0.463 e. The molecule has 0 aliphatic rings. The second kappa shape index (κ2) is 19.0. The van der Waals surface area contributed by atoms with Gasteiger partial charge in [0.05, 0.1) is 0 Å². The first-order chi connectivity index (χ1) is 17.0. The number of carbonyl (C=O) groups excluding carboxylic acids is 4. The summed E-state index contributed by atoms with van der Waals surface area (Å²) in [5.41, 5.74) is 0. The molecule has 9 nitrogen and oxygen atoms in total. The number of nitrogens with one attached hydrogen (secondary N) is 1. The van der Waals surface area contributed by atoms with E-state index in [-0.39, 0.29) is 19.1 Å². The van der Waals surface area contributed by atoms with Crippen LogP contribution >= 0.6 is 0 Å². The maximum Gasteiger partial charge on any atom is 0.471 e. The molecular formula is C24H40F3NO8. The number of ether oxygens (including phenoxy) is 2. The predicted molar refractivity (Wildman–Crippen MR) is 124 cm³/mol. The fourth-order valence-electron chi connectivity index (χ4n) is 3.32. The summed E-state index contributed by atoms with van der Waals surface area (Å²) in [6.07, 6.45) is -3.21. The topological polar surface area (TPSA) is 139 Å². The Morgan fingerprint density at radius 2 is 1.36 bits per heavy atom. The first kappa shape index (κ1) is 33.8. The molecule has 0 aromatic carbocycles. The van der Waals surface area contributed by atoms with E-state index in [2.05, 4.69) is 0 Å². The number of halogens is 3. The number of amides is 1. The number of unbranched alkanes of at least 4 members (excludes halogenated alkanes) is 8. The highest BCUT2D eigenvalue weighted by Crippen LogP contribution is 2.17. The standard InChI is InChI=1S/C24H40F3NO8/c1-3-5-7-9-11-13-19(31)35-16-18(30)22(36-20(32)14-12-10-8-6-4-2)21(33)17(15-29)28-23(34)24(25,26)27/h15,17-18,21-22,30,33H,3-14,16H2,1-2H3,(H,28,34)/t17-,18+,21+,22+/m0/s1. The molecule has 0 aromatic heterocycles. The minimum absolute atomic E-state index is 0.0693. The summed E-state index contributed by atoms with van der Waals surface area (Å²) in [6, 6.07) is -2.15. The zero-order valence-electron chi connectivity index (χ0n) is 21.1. The maximum atomic E-state index is 12.6. The van der Waals surface area contributed by atoms with Gasteiger partial charge in [0.2, 0.25) is 0 Å². The van der Waals surface area contributed by atoms with Gasteiger partial charge >= 0.3 is 24.0 Å². The van der Waals surface area contributed by atoms with Gasteiger partial charge in [0.25, 0.3) is 0 Å². The molecule has 0 bridgehead atoms. The number of rotatable bonds is 20. The summed E-state index contributed by atoms with van der Waals surface area (Å²) in [5.74, 6) is -4.02. The van der Waals surface area contributed by atoms with E-state index in [1.54, 1.807) is 0 Å². The third kappa shape index (κ3) is 15.0. The first-order valence-corrected chi connectivity index (χ1v) is 12.5. The fraction of sp³-hybridized carbons (Fsp3) is 0.833. The molecule has 36 heavy (non-hydrogen) atoms. The van der Waals surface area contributed by atoms with Crippen molar-refractivity contribution in [2.24, 2.45) is 0 Å². The van der Waals surface area contributed by atoms with Gasteiger partial charge in [-0.2, -0.15) is 13.2 Å². The van der Waals surface area contributed by atoms with E-state index in [0.717, 1.165) is 44.9 Å². The Hall–Kier alpha value is -2.21. The van der Waals surface area contributed by atoms with Crippen molar-refractivity contribution in [3.63, 3.8) is 0 Å². The predicted octanol–water partition coefficient (Wildman–Crippen LogP) is 3.13. The number of aldehydes is 1. The maximum absolute atomic E-state index is 12.6. The number of alkyl halides is 3. The highest BCUT2D eigenvalue weighted by atomic mass is 19.4. The van der Waals surface area contributed by atoms with E-state index in [4.69, 9.17) is 9.47 Å². The minimum Gasteiger partial charge on any atom is -0.463 e. The molecule has 12 heteroatoms. The molecule has 0 rings (SSSR count). The molecule has 0 aromatic rings. The molecule has 3 N–H and O–H groups in total. The van der Waals surface area contributed by atoms with Gasteiger partial charge in [-0.25, -0.2) is 0 Å². The Bertz CT molecular complexity index is 660.